The maximum Gasteiger partial charge on any atom is 0.224 e. The Kier molecular flexibility index (Phi) is 3.54. The van der Waals surface area contributed by atoms with E-state index < -0.39 is 0 Å². The summed E-state index contributed by atoms with van der Waals surface area (Å²) < 4.78 is 0. The highest BCUT2D eigenvalue weighted by molar-refractivity contribution is 6.35. The third-order valence-electron chi connectivity index (χ3n) is 3.98. The summed E-state index contributed by atoms with van der Waals surface area (Å²) in [7, 11) is 0. The van der Waals surface area contributed by atoms with E-state index in [2.05, 4.69) is 30.2 Å². The molecule has 3 aromatic heterocycles. The van der Waals surface area contributed by atoms with Gasteiger partial charge in [0.25, 0.3) is 0 Å². The van der Waals surface area contributed by atoms with Crippen LogP contribution in [0.3, 0.4) is 0 Å². The number of anilines is 3. The van der Waals surface area contributed by atoms with Crippen LogP contribution >= 0.6 is 11.6 Å². The van der Waals surface area contributed by atoms with Gasteiger partial charge in [-0.25, -0.2) is 9.97 Å². The molecule has 1 atom stereocenters. The van der Waals surface area contributed by atoms with E-state index in [1.165, 1.54) is 0 Å². The quantitative estimate of drug-likeness (QED) is 0.444. The molecule has 0 fully saturated rings. The summed E-state index contributed by atoms with van der Waals surface area (Å²) >= 11 is 6.19. The first-order valence-electron chi connectivity index (χ1n) is 7.60. The second-order valence-corrected chi connectivity index (χ2v) is 6.08. The van der Waals surface area contributed by atoms with E-state index in [0.29, 0.717) is 33.3 Å². The minimum atomic E-state index is -0.170. The number of aromatic nitrogens is 5. The summed E-state index contributed by atoms with van der Waals surface area (Å²) in [6.07, 6.45) is 1.54. The number of benzene rings is 1. The lowest BCUT2D eigenvalue weighted by atomic mass is 10.1. The number of fused-ring (bicyclic) bond motifs is 2. The van der Waals surface area contributed by atoms with Gasteiger partial charge >= 0.3 is 0 Å². The number of aromatic amines is 1. The van der Waals surface area contributed by atoms with Crippen LogP contribution in [0.25, 0.3) is 22.1 Å². The van der Waals surface area contributed by atoms with Gasteiger partial charge in [-0.3, -0.25) is 0 Å². The Bertz CT molecular complexity index is 1090. The van der Waals surface area contributed by atoms with Crippen LogP contribution in [0.5, 0.6) is 0 Å². The van der Waals surface area contributed by atoms with Gasteiger partial charge < -0.3 is 21.8 Å². The number of pyridine rings is 1. The molecule has 0 bridgehead atoms. The predicted octanol–water partition coefficient (Wildman–Crippen LogP) is 2.89. The van der Waals surface area contributed by atoms with Gasteiger partial charge in [0, 0.05) is 10.9 Å². The molecule has 3 heterocycles. The van der Waals surface area contributed by atoms with Crippen LogP contribution in [0, 0.1) is 0 Å². The van der Waals surface area contributed by atoms with Crippen molar-refractivity contribution in [3.05, 3.63) is 41.2 Å². The molecule has 0 saturated carbocycles. The Morgan fingerprint density at radius 1 is 1.20 bits per heavy atom. The second-order valence-electron chi connectivity index (χ2n) is 5.67. The van der Waals surface area contributed by atoms with Gasteiger partial charge in [-0.05, 0) is 19.1 Å². The number of nitrogens with two attached hydrogens (primary N) is 2. The first kappa shape index (κ1) is 15.4. The Balaban J connectivity index is 1.75. The summed E-state index contributed by atoms with van der Waals surface area (Å²) in [6.45, 7) is 1.96. The molecule has 0 spiro atoms. The predicted molar refractivity (Wildman–Crippen MR) is 99.3 cm³/mol. The van der Waals surface area contributed by atoms with Gasteiger partial charge in [0.2, 0.25) is 5.95 Å². The fourth-order valence-corrected chi connectivity index (χ4v) is 3.00. The van der Waals surface area contributed by atoms with Crippen molar-refractivity contribution in [2.75, 3.05) is 16.8 Å². The monoisotopic (exact) mass is 354 g/mol. The summed E-state index contributed by atoms with van der Waals surface area (Å²) in [6, 6.07) is 7.41. The average molecular weight is 355 g/mol. The van der Waals surface area contributed by atoms with Crippen LogP contribution < -0.4 is 16.8 Å². The van der Waals surface area contributed by atoms with E-state index in [-0.39, 0.29) is 12.0 Å². The molecular formula is C16H15ClN8. The van der Waals surface area contributed by atoms with E-state index in [9.17, 15) is 0 Å². The van der Waals surface area contributed by atoms with Gasteiger partial charge in [0.1, 0.15) is 11.3 Å². The number of nitrogens with one attached hydrogen (secondary N) is 2. The minimum Gasteiger partial charge on any atom is -0.383 e. The van der Waals surface area contributed by atoms with Gasteiger partial charge in [0.15, 0.2) is 11.5 Å². The van der Waals surface area contributed by atoms with Crippen LogP contribution in [-0.4, -0.2) is 24.9 Å². The van der Waals surface area contributed by atoms with Crippen molar-refractivity contribution in [1.82, 2.24) is 24.9 Å². The van der Waals surface area contributed by atoms with Crippen molar-refractivity contribution >= 4 is 51.3 Å². The molecule has 0 unspecified atom stereocenters. The number of hydrogen-bond donors (Lipinski definition) is 4. The van der Waals surface area contributed by atoms with Crippen LogP contribution in [0.15, 0.2) is 30.6 Å². The molecule has 126 valence electrons. The second kappa shape index (κ2) is 5.75. The summed E-state index contributed by atoms with van der Waals surface area (Å²) in [5, 5.41) is 4.78. The zero-order chi connectivity index (χ0) is 17.6. The molecule has 9 heteroatoms. The highest BCUT2D eigenvalue weighted by atomic mass is 35.5. The lowest BCUT2D eigenvalue weighted by molar-refractivity contribution is 0.875. The Labute approximate surface area is 147 Å². The molecule has 8 nitrogen and oxygen atoms in total. The topological polar surface area (TPSA) is 131 Å². The Hall–Kier alpha value is -3.13. The number of rotatable bonds is 3. The van der Waals surface area contributed by atoms with Gasteiger partial charge in [0.05, 0.1) is 22.9 Å². The smallest absolute Gasteiger partial charge is 0.224 e. The molecule has 6 N–H and O–H groups in total. The Morgan fingerprint density at radius 3 is 2.88 bits per heavy atom. The molecule has 4 aromatic rings. The molecule has 1 aromatic carbocycles. The molecule has 0 aliphatic rings. The zero-order valence-corrected chi connectivity index (χ0v) is 14.0. The van der Waals surface area contributed by atoms with E-state index in [1.54, 1.807) is 12.4 Å². The SMILES string of the molecule is C[C@H](Nc1nc(N)nc2nc[nH]c12)c1cc2cccc(Cl)c2nc1N. The number of nitrogens with zero attached hydrogens (tertiary/aromatic N) is 4. The molecule has 0 aliphatic heterocycles. The third-order valence-corrected chi connectivity index (χ3v) is 4.28. The Morgan fingerprint density at radius 2 is 2.04 bits per heavy atom. The highest BCUT2D eigenvalue weighted by Crippen LogP contribution is 2.30. The summed E-state index contributed by atoms with van der Waals surface area (Å²) in [5.41, 5.74) is 14.6. The molecule has 4 rings (SSSR count). The number of para-hydroxylation sites is 1. The third kappa shape index (κ3) is 2.66. The van der Waals surface area contributed by atoms with Crippen molar-refractivity contribution in [3.8, 4) is 0 Å². The number of halogens is 1. The van der Waals surface area contributed by atoms with E-state index in [4.69, 9.17) is 23.1 Å². The van der Waals surface area contributed by atoms with E-state index in [1.807, 2.05) is 25.1 Å². The highest BCUT2D eigenvalue weighted by Gasteiger charge is 2.16. The first-order chi connectivity index (χ1) is 12.0. The van der Waals surface area contributed by atoms with Crippen molar-refractivity contribution < 1.29 is 0 Å². The van der Waals surface area contributed by atoms with E-state index in [0.717, 1.165) is 10.9 Å². The molecule has 0 radical (unpaired) electrons. The van der Waals surface area contributed by atoms with Crippen molar-refractivity contribution in [1.29, 1.82) is 0 Å². The molecular weight excluding hydrogens is 340 g/mol. The molecule has 0 aliphatic carbocycles. The normalized spacial score (nSPS) is 12.6. The molecule has 0 saturated heterocycles. The van der Waals surface area contributed by atoms with Gasteiger partial charge in [-0.2, -0.15) is 9.97 Å². The molecule has 0 amide bonds. The maximum atomic E-state index is 6.19. The number of hydrogen-bond acceptors (Lipinski definition) is 7. The maximum absolute atomic E-state index is 6.19. The van der Waals surface area contributed by atoms with Crippen molar-refractivity contribution in [3.63, 3.8) is 0 Å². The minimum absolute atomic E-state index is 0.144. The van der Waals surface area contributed by atoms with Gasteiger partial charge in [-0.15, -0.1) is 0 Å². The largest absolute Gasteiger partial charge is 0.383 e. The fourth-order valence-electron chi connectivity index (χ4n) is 2.78. The van der Waals surface area contributed by atoms with Crippen molar-refractivity contribution in [2.24, 2.45) is 0 Å². The van der Waals surface area contributed by atoms with Crippen LogP contribution in [0.4, 0.5) is 17.6 Å². The van der Waals surface area contributed by atoms with Crippen LogP contribution in [-0.2, 0) is 0 Å². The standard InChI is InChI=1S/C16H15ClN8/c1-7(22-15-12-14(21-6-20-12)24-16(19)25-15)9-5-8-3-2-4-10(17)11(8)23-13(9)18/h2-7H,1H3,(H2,18,23)(H4,19,20,21,22,24,25)/t7-/m0/s1. The number of nitrogen functional groups attached to an aromatic ring is 2. The fraction of sp³-hybridized carbons (Fsp3) is 0.125. The molecule has 25 heavy (non-hydrogen) atoms. The lowest BCUT2D eigenvalue weighted by Gasteiger charge is -2.17. The lowest BCUT2D eigenvalue weighted by Crippen LogP contribution is -2.12. The first-order valence-corrected chi connectivity index (χ1v) is 7.98. The summed E-state index contributed by atoms with van der Waals surface area (Å²) in [5.74, 6) is 1.10. The van der Waals surface area contributed by atoms with Gasteiger partial charge in [-0.1, -0.05) is 23.7 Å². The van der Waals surface area contributed by atoms with Crippen LogP contribution in [0.1, 0.15) is 18.5 Å². The number of H-pyrrole nitrogens is 1. The average Bonchev–Trinajstić information content (AvgIpc) is 3.03. The van der Waals surface area contributed by atoms with Crippen molar-refractivity contribution in [2.45, 2.75) is 13.0 Å². The van der Waals surface area contributed by atoms with E-state index >= 15 is 0 Å². The zero-order valence-electron chi connectivity index (χ0n) is 13.3. The van der Waals surface area contributed by atoms with Crippen LogP contribution in [0.2, 0.25) is 5.02 Å². The number of imidazole rings is 1. The summed E-state index contributed by atoms with van der Waals surface area (Å²) in [4.78, 5) is 19.9.